The van der Waals surface area contributed by atoms with E-state index in [0.717, 1.165) is 12.1 Å². The number of amides is 1. The van der Waals surface area contributed by atoms with Crippen LogP contribution >= 0.6 is 34.8 Å². The Morgan fingerprint density at radius 1 is 1.24 bits per heavy atom. The summed E-state index contributed by atoms with van der Waals surface area (Å²) in [6, 6.07) is 5.37. The van der Waals surface area contributed by atoms with Gasteiger partial charge in [0.05, 0.1) is 0 Å². The lowest BCUT2D eigenvalue weighted by Crippen LogP contribution is -2.60. The first kappa shape index (κ1) is 19.0. The van der Waals surface area contributed by atoms with E-state index in [1.807, 2.05) is 15.5 Å². The Morgan fingerprint density at radius 2 is 1.96 bits per heavy atom. The van der Waals surface area contributed by atoms with Crippen molar-refractivity contribution in [3.05, 3.63) is 34.2 Å². The minimum Gasteiger partial charge on any atom is -0.336 e. The number of pyridine rings is 1. The van der Waals surface area contributed by atoms with E-state index in [2.05, 4.69) is 5.32 Å². The molecule has 0 unspecified atom stereocenters. The van der Waals surface area contributed by atoms with Crippen molar-refractivity contribution >= 4 is 40.7 Å². The van der Waals surface area contributed by atoms with Gasteiger partial charge in [-0.2, -0.15) is 0 Å². The van der Waals surface area contributed by atoms with Crippen molar-refractivity contribution in [2.24, 2.45) is 11.8 Å². The molecule has 2 aliphatic rings. The van der Waals surface area contributed by atoms with Crippen LogP contribution in [0.15, 0.2) is 23.0 Å². The lowest BCUT2D eigenvalue weighted by Gasteiger charge is -2.47. The fraction of sp³-hybridized carbons (Fsp3) is 0.647. The summed E-state index contributed by atoms with van der Waals surface area (Å²) in [6.45, 7) is 5.58. The monoisotopic (exact) mass is 405 g/mol. The highest BCUT2D eigenvalue weighted by Gasteiger charge is 2.44. The molecule has 25 heavy (non-hydrogen) atoms. The van der Waals surface area contributed by atoms with Gasteiger partial charge in [0.15, 0.2) is 0 Å². The predicted octanol–water partition coefficient (Wildman–Crippen LogP) is 2.74. The molecule has 0 saturated carbocycles. The van der Waals surface area contributed by atoms with Gasteiger partial charge in [-0.1, -0.05) is 54.7 Å². The van der Waals surface area contributed by atoms with Crippen LogP contribution in [-0.2, 0) is 11.3 Å². The van der Waals surface area contributed by atoms with Crippen LogP contribution in [0.2, 0.25) is 0 Å². The van der Waals surface area contributed by atoms with Crippen molar-refractivity contribution in [2.45, 2.75) is 42.7 Å². The number of hydrogen-bond donors (Lipinski definition) is 1. The summed E-state index contributed by atoms with van der Waals surface area (Å²) in [6.07, 6.45) is 0.310. The third-order valence-electron chi connectivity index (χ3n) is 4.99. The summed E-state index contributed by atoms with van der Waals surface area (Å²) >= 11 is 18.5. The highest BCUT2D eigenvalue weighted by atomic mass is 35.6. The topological polar surface area (TPSA) is 54.3 Å². The van der Waals surface area contributed by atoms with Crippen molar-refractivity contribution in [3.63, 3.8) is 0 Å². The number of carbonyl (C=O) groups is 1. The second-order valence-corrected chi connectivity index (χ2v) is 9.63. The second kappa shape index (κ2) is 7.10. The number of fused-ring (bicyclic) bond motifs is 4. The number of carbonyl (C=O) groups excluding carboxylic acids is 1. The molecule has 3 rings (SSSR count). The predicted molar refractivity (Wildman–Crippen MR) is 100 cm³/mol. The molecule has 0 aromatic carbocycles. The van der Waals surface area contributed by atoms with Crippen LogP contribution in [0.3, 0.4) is 0 Å². The number of nitrogens with one attached hydrogen (secondary N) is 1. The van der Waals surface area contributed by atoms with Gasteiger partial charge in [0.2, 0.25) is 9.70 Å². The van der Waals surface area contributed by atoms with Gasteiger partial charge in [-0.05, 0) is 18.4 Å². The van der Waals surface area contributed by atoms with Gasteiger partial charge in [-0.25, -0.2) is 0 Å². The van der Waals surface area contributed by atoms with Gasteiger partial charge in [-0.3, -0.25) is 14.5 Å². The molecule has 0 aliphatic carbocycles. The highest BCUT2D eigenvalue weighted by molar-refractivity contribution is 6.68. The molecule has 1 N–H and O–H groups in total. The van der Waals surface area contributed by atoms with Gasteiger partial charge in [0, 0.05) is 43.2 Å². The van der Waals surface area contributed by atoms with E-state index in [0.29, 0.717) is 19.6 Å². The number of halogens is 3. The smallest absolute Gasteiger partial charge is 0.250 e. The molecule has 1 aromatic rings. The number of piperidine rings is 1. The normalized spacial score (nSPS) is 24.7. The fourth-order valence-corrected chi connectivity index (χ4v) is 4.40. The number of rotatable bonds is 3. The summed E-state index contributed by atoms with van der Waals surface area (Å²) in [5, 5.41) is 2.87. The van der Waals surface area contributed by atoms with Crippen molar-refractivity contribution in [1.29, 1.82) is 0 Å². The molecule has 3 heterocycles. The fourth-order valence-electron chi connectivity index (χ4n) is 3.83. The first-order valence-corrected chi connectivity index (χ1v) is 9.61. The number of alkyl halides is 3. The van der Waals surface area contributed by atoms with Crippen LogP contribution in [-0.4, -0.2) is 38.4 Å². The zero-order valence-corrected chi connectivity index (χ0v) is 16.5. The SMILES string of the molecule is CC(C)C(=O)N[C@@H](N1C[C@H]2C[C@@H](C1)c1cccc(=O)n1C2)C(Cl)(Cl)Cl. The summed E-state index contributed by atoms with van der Waals surface area (Å²) in [7, 11) is 0. The van der Waals surface area contributed by atoms with Crippen LogP contribution in [0.25, 0.3) is 0 Å². The van der Waals surface area contributed by atoms with Gasteiger partial charge < -0.3 is 9.88 Å². The molecule has 1 amide bonds. The maximum Gasteiger partial charge on any atom is 0.250 e. The quantitative estimate of drug-likeness (QED) is 0.785. The van der Waals surface area contributed by atoms with E-state index in [-0.39, 0.29) is 29.2 Å². The average Bonchev–Trinajstić information content (AvgIpc) is 2.52. The highest BCUT2D eigenvalue weighted by Crippen LogP contribution is 2.39. The van der Waals surface area contributed by atoms with Gasteiger partial charge >= 0.3 is 0 Å². The molecular formula is C17H22Cl3N3O2. The lowest BCUT2D eigenvalue weighted by atomic mass is 9.83. The molecule has 8 heteroatoms. The number of nitrogens with zero attached hydrogens (tertiary/aromatic N) is 2. The molecule has 2 bridgehead atoms. The Kier molecular flexibility index (Phi) is 5.41. The first-order valence-electron chi connectivity index (χ1n) is 8.47. The molecule has 5 nitrogen and oxygen atoms in total. The Morgan fingerprint density at radius 3 is 2.60 bits per heavy atom. The number of aromatic nitrogens is 1. The second-order valence-electron chi connectivity index (χ2n) is 7.26. The summed E-state index contributed by atoms with van der Waals surface area (Å²) in [4.78, 5) is 26.3. The lowest BCUT2D eigenvalue weighted by molar-refractivity contribution is -0.126. The van der Waals surface area contributed by atoms with E-state index in [9.17, 15) is 9.59 Å². The number of hydrogen-bond acceptors (Lipinski definition) is 3. The van der Waals surface area contributed by atoms with Crippen molar-refractivity contribution < 1.29 is 4.79 Å². The summed E-state index contributed by atoms with van der Waals surface area (Å²) < 4.78 is 0.222. The zero-order chi connectivity index (χ0) is 18.4. The Bertz CT molecular complexity index is 714. The van der Waals surface area contributed by atoms with E-state index >= 15 is 0 Å². The third kappa shape index (κ3) is 4.00. The largest absolute Gasteiger partial charge is 0.336 e. The molecule has 3 atom stereocenters. The Balaban J connectivity index is 1.86. The molecule has 1 fully saturated rings. The van der Waals surface area contributed by atoms with Crippen LogP contribution in [0, 0.1) is 11.8 Å². The molecule has 0 radical (unpaired) electrons. The van der Waals surface area contributed by atoms with Crippen molar-refractivity contribution in [1.82, 2.24) is 14.8 Å². The average molecular weight is 407 g/mol. The molecular weight excluding hydrogens is 385 g/mol. The van der Waals surface area contributed by atoms with Crippen molar-refractivity contribution in [3.8, 4) is 0 Å². The molecule has 1 aromatic heterocycles. The van der Waals surface area contributed by atoms with Crippen LogP contribution in [0.1, 0.15) is 31.9 Å². The van der Waals surface area contributed by atoms with Crippen LogP contribution < -0.4 is 10.9 Å². The summed E-state index contributed by atoms with van der Waals surface area (Å²) in [5.41, 5.74) is 1.05. The minimum absolute atomic E-state index is 0.0340. The zero-order valence-electron chi connectivity index (χ0n) is 14.2. The number of likely N-dealkylation sites (tertiary alicyclic amines) is 1. The molecule has 2 aliphatic heterocycles. The first-order chi connectivity index (χ1) is 11.7. The molecule has 0 spiro atoms. The molecule has 1 saturated heterocycles. The maximum atomic E-state index is 12.2. The van der Waals surface area contributed by atoms with Crippen LogP contribution in [0.4, 0.5) is 0 Å². The van der Waals surface area contributed by atoms with E-state index in [4.69, 9.17) is 34.8 Å². The van der Waals surface area contributed by atoms with Gasteiger partial charge in [0.25, 0.3) is 5.56 Å². The maximum absolute atomic E-state index is 12.2. The van der Waals surface area contributed by atoms with Crippen LogP contribution in [0.5, 0.6) is 0 Å². The molecule has 138 valence electrons. The van der Waals surface area contributed by atoms with E-state index in [1.165, 1.54) is 0 Å². The summed E-state index contributed by atoms with van der Waals surface area (Å²) in [5.74, 6) is 0.131. The van der Waals surface area contributed by atoms with E-state index < -0.39 is 9.96 Å². The van der Waals surface area contributed by atoms with Gasteiger partial charge in [0.1, 0.15) is 6.17 Å². The van der Waals surface area contributed by atoms with E-state index in [1.54, 1.807) is 26.0 Å². The Hall–Kier alpha value is -0.750. The Labute approximate surface area is 162 Å². The van der Waals surface area contributed by atoms with Crippen molar-refractivity contribution in [2.75, 3.05) is 13.1 Å². The standard InChI is InChI=1S/C17H22Cl3N3O2/c1-10(2)15(25)21-16(17(18,19)20)22-7-11-6-12(9-22)13-4-3-5-14(24)23(13)8-11/h3-5,10-12,16H,6-9H2,1-2H3,(H,21,25)/t11-,12+,16+/m1/s1. The van der Waals surface area contributed by atoms with Gasteiger partial charge in [-0.15, -0.1) is 0 Å². The third-order valence-corrected chi connectivity index (χ3v) is 5.61. The minimum atomic E-state index is -1.63.